The molecule has 1 aliphatic rings. The lowest BCUT2D eigenvalue weighted by Gasteiger charge is -2.12. The molecule has 3 nitrogen and oxygen atoms in total. The SMILES string of the molecule is S=C(N/N=C/[C@H]1CC=CCC1)Nc1ccccc1. The lowest BCUT2D eigenvalue weighted by molar-refractivity contribution is 0.624. The van der Waals surface area contributed by atoms with E-state index in [2.05, 4.69) is 28.0 Å². The third kappa shape index (κ3) is 4.30. The predicted octanol–water partition coefficient (Wildman–Crippen LogP) is 3.32. The van der Waals surface area contributed by atoms with Crippen LogP contribution in [0.2, 0.25) is 0 Å². The Hall–Kier alpha value is -1.68. The monoisotopic (exact) mass is 259 g/mol. The molecule has 1 aliphatic carbocycles. The molecule has 0 unspecified atom stereocenters. The molecule has 0 bridgehead atoms. The molecular weight excluding hydrogens is 242 g/mol. The van der Waals surface area contributed by atoms with Gasteiger partial charge in [-0.05, 0) is 49.5 Å². The van der Waals surface area contributed by atoms with Crippen LogP contribution in [-0.4, -0.2) is 11.3 Å². The fourth-order valence-corrected chi connectivity index (χ4v) is 2.00. The van der Waals surface area contributed by atoms with Crippen molar-refractivity contribution in [2.24, 2.45) is 11.0 Å². The number of hydrazone groups is 1. The first kappa shape index (κ1) is 12.8. The first-order valence-electron chi connectivity index (χ1n) is 6.15. The summed E-state index contributed by atoms with van der Waals surface area (Å²) in [5.41, 5.74) is 3.81. The van der Waals surface area contributed by atoms with Gasteiger partial charge in [0.2, 0.25) is 0 Å². The molecule has 4 heteroatoms. The fourth-order valence-electron chi connectivity index (χ4n) is 1.83. The number of hydrogen-bond donors (Lipinski definition) is 2. The minimum absolute atomic E-state index is 0.517. The highest BCUT2D eigenvalue weighted by atomic mass is 32.1. The molecule has 0 fully saturated rings. The Bertz CT molecular complexity index is 440. The number of rotatable bonds is 3. The molecule has 18 heavy (non-hydrogen) atoms. The van der Waals surface area contributed by atoms with Crippen molar-refractivity contribution in [1.29, 1.82) is 0 Å². The summed E-state index contributed by atoms with van der Waals surface area (Å²) >= 11 is 5.15. The van der Waals surface area contributed by atoms with Crippen molar-refractivity contribution in [3.63, 3.8) is 0 Å². The Morgan fingerprint density at radius 3 is 2.83 bits per heavy atom. The molecule has 1 aromatic carbocycles. The zero-order chi connectivity index (χ0) is 12.6. The highest BCUT2D eigenvalue weighted by molar-refractivity contribution is 7.80. The van der Waals surface area contributed by atoms with E-state index >= 15 is 0 Å². The third-order valence-electron chi connectivity index (χ3n) is 2.79. The van der Waals surface area contributed by atoms with Crippen LogP contribution in [0.3, 0.4) is 0 Å². The zero-order valence-electron chi connectivity index (χ0n) is 10.2. The van der Waals surface area contributed by atoms with E-state index < -0.39 is 0 Å². The van der Waals surface area contributed by atoms with Gasteiger partial charge in [0.1, 0.15) is 0 Å². The van der Waals surface area contributed by atoms with Crippen LogP contribution in [0.15, 0.2) is 47.6 Å². The maximum Gasteiger partial charge on any atom is 0.191 e. The predicted molar refractivity (Wildman–Crippen MR) is 80.8 cm³/mol. The molecule has 0 heterocycles. The van der Waals surface area contributed by atoms with Crippen molar-refractivity contribution < 1.29 is 0 Å². The van der Waals surface area contributed by atoms with E-state index in [9.17, 15) is 0 Å². The average molecular weight is 259 g/mol. The molecule has 0 amide bonds. The Kier molecular flexibility index (Phi) is 4.90. The number of nitrogens with zero attached hydrogens (tertiary/aromatic N) is 1. The summed E-state index contributed by atoms with van der Waals surface area (Å²) in [6.07, 6.45) is 9.76. The lowest BCUT2D eigenvalue weighted by Crippen LogP contribution is -2.24. The molecule has 2 rings (SSSR count). The highest BCUT2D eigenvalue weighted by Crippen LogP contribution is 2.15. The first-order valence-corrected chi connectivity index (χ1v) is 6.55. The van der Waals surface area contributed by atoms with E-state index in [1.54, 1.807) is 0 Å². The first-order chi connectivity index (χ1) is 8.84. The summed E-state index contributed by atoms with van der Waals surface area (Å²) < 4.78 is 0. The second-order valence-corrected chi connectivity index (χ2v) is 4.66. The highest BCUT2D eigenvalue weighted by Gasteiger charge is 2.06. The molecule has 0 saturated heterocycles. The minimum Gasteiger partial charge on any atom is -0.331 e. The zero-order valence-corrected chi connectivity index (χ0v) is 11.0. The van der Waals surface area contributed by atoms with Crippen LogP contribution in [0.1, 0.15) is 19.3 Å². The van der Waals surface area contributed by atoms with Gasteiger partial charge in [-0.2, -0.15) is 5.10 Å². The van der Waals surface area contributed by atoms with E-state index in [-0.39, 0.29) is 0 Å². The molecule has 0 aromatic heterocycles. The number of hydrogen-bond acceptors (Lipinski definition) is 2. The maximum absolute atomic E-state index is 5.15. The number of allylic oxidation sites excluding steroid dienone is 2. The Morgan fingerprint density at radius 2 is 2.11 bits per heavy atom. The molecule has 2 N–H and O–H groups in total. The van der Waals surface area contributed by atoms with Crippen LogP contribution in [0.25, 0.3) is 0 Å². The normalized spacial score (nSPS) is 18.8. The van der Waals surface area contributed by atoms with Gasteiger partial charge in [0.25, 0.3) is 0 Å². The second kappa shape index (κ2) is 6.91. The smallest absolute Gasteiger partial charge is 0.191 e. The van der Waals surface area contributed by atoms with Gasteiger partial charge in [0, 0.05) is 11.9 Å². The number of nitrogens with one attached hydrogen (secondary N) is 2. The molecule has 1 aromatic rings. The number of anilines is 1. The van der Waals surface area contributed by atoms with Gasteiger partial charge in [-0.1, -0.05) is 30.4 Å². The van der Waals surface area contributed by atoms with E-state index in [1.165, 1.54) is 6.42 Å². The molecule has 0 spiro atoms. The van der Waals surface area contributed by atoms with Crippen molar-refractivity contribution in [2.45, 2.75) is 19.3 Å². The largest absolute Gasteiger partial charge is 0.331 e. The van der Waals surface area contributed by atoms with Crippen molar-refractivity contribution >= 4 is 29.2 Å². The van der Waals surface area contributed by atoms with Crippen LogP contribution in [0.5, 0.6) is 0 Å². The van der Waals surface area contributed by atoms with E-state index in [0.717, 1.165) is 18.5 Å². The van der Waals surface area contributed by atoms with Gasteiger partial charge in [-0.15, -0.1) is 0 Å². The van der Waals surface area contributed by atoms with Gasteiger partial charge in [0.05, 0.1) is 0 Å². The quantitative estimate of drug-likeness (QED) is 0.378. The summed E-state index contributed by atoms with van der Waals surface area (Å²) in [5, 5.41) is 7.77. The van der Waals surface area contributed by atoms with Crippen molar-refractivity contribution in [1.82, 2.24) is 5.43 Å². The van der Waals surface area contributed by atoms with Crippen molar-refractivity contribution in [3.05, 3.63) is 42.5 Å². The molecule has 0 radical (unpaired) electrons. The van der Waals surface area contributed by atoms with E-state index in [0.29, 0.717) is 11.0 Å². The van der Waals surface area contributed by atoms with Gasteiger partial charge in [-0.3, -0.25) is 5.43 Å². The minimum atomic E-state index is 0.517. The number of para-hydroxylation sites is 1. The van der Waals surface area contributed by atoms with Gasteiger partial charge in [0.15, 0.2) is 5.11 Å². The summed E-state index contributed by atoms with van der Waals surface area (Å²) in [6.45, 7) is 0. The van der Waals surface area contributed by atoms with Crippen molar-refractivity contribution in [3.8, 4) is 0 Å². The van der Waals surface area contributed by atoms with E-state index in [4.69, 9.17) is 12.2 Å². The van der Waals surface area contributed by atoms with Crippen LogP contribution in [0.4, 0.5) is 5.69 Å². The standard InChI is InChI=1S/C14H17N3S/c18-14(16-13-9-5-2-6-10-13)17-15-11-12-7-3-1-4-8-12/h1-3,5-6,9-12H,4,7-8H2,(H2,16,17,18)/b15-11+/t12-/m0/s1. The Morgan fingerprint density at radius 1 is 1.28 bits per heavy atom. The second-order valence-electron chi connectivity index (χ2n) is 4.25. The Balaban J connectivity index is 1.74. The topological polar surface area (TPSA) is 36.4 Å². The third-order valence-corrected chi connectivity index (χ3v) is 2.99. The lowest BCUT2D eigenvalue weighted by atomic mass is 9.96. The molecule has 1 atom stereocenters. The van der Waals surface area contributed by atoms with Crippen LogP contribution in [0, 0.1) is 5.92 Å². The fraction of sp³-hybridized carbons (Fsp3) is 0.286. The van der Waals surface area contributed by atoms with Crippen LogP contribution < -0.4 is 10.7 Å². The number of benzene rings is 1. The summed E-state index contributed by atoms with van der Waals surface area (Å²) in [7, 11) is 0. The summed E-state index contributed by atoms with van der Waals surface area (Å²) in [6, 6.07) is 9.81. The average Bonchev–Trinajstić information content (AvgIpc) is 2.41. The van der Waals surface area contributed by atoms with Crippen LogP contribution >= 0.6 is 12.2 Å². The summed E-state index contributed by atoms with van der Waals surface area (Å²) in [5.74, 6) is 0.530. The maximum atomic E-state index is 5.15. The molecular formula is C14H17N3S. The Labute approximate surface area is 113 Å². The number of thiocarbonyl (C=S) groups is 1. The van der Waals surface area contributed by atoms with Crippen molar-refractivity contribution in [2.75, 3.05) is 5.32 Å². The van der Waals surface area contributed by atoms with Gasteiger partial charge < -0.3 is 5.32 Å². The molecule has 0 saturated carbocycles. The molecule has 94 valence electrons. The van der Waals surface area contributed by atoms with Crippen LogP contribution in [-0.2, 0) is 0 Å². The van der Waals surface area contributed by atoms with Gasteiger partial charge in [-0.25, -0.2) is 0 Å². The van der Waals surface area contributed by atoms with Gasteiger partial charge >= 0.3 is 0 Å². The molecule has 0 aliphatic heterocycles. The summed E-state index contributed by atoms with van der Waals surface area (Å²) in [4.78, 5) is 0. The van der Waals surface area contributed by atoms with E-state index in [1.807, 2.05) is 36.5 Å².